The lowest BCUT2D eigenvalue weighted by Gasteiger charge is -2.06. The van der Waals surface area contributed by atoms with E-state index in [4.69, 9.17) is 0 Å². The first-order valence-electron chi connectivity index (χ1n) is 5.87. The van der Waals surface area contributed by atoms with Gasteiger partial charge in [-0.25, -0.2) is 4.39 Å². The maximum Gasteiger partial charge on any atom is 0.254 e. The highest BCUT2D eigenvalue weighted by molar-refractivity contribution is 9.08. The number of rotatable bonds is 4. The number of halogens is 2. The molecule has 2 aromatic carbocycles. The molecule has 0 heterocycles. The van der Waals surface area contributed by atoms with Crippen LogP contribution in [0, 0.1) is 5.82 Å². The van der Waals surface area contributed by atoms with Crippen LogP contribution < -0.4 is 5.32 Å². The zero-order chi connectivity index (χ0) is 13.7. The molecule has 0 bridgehead atoms. The molecule has 0 aliphatic carbocycles. The molecule has 2 nitrogen and oxygen atoms in total. The fraction of sp³-hybridized carbons (Fsp3) is 0.133. The van der Waals surface area contributed by atoms with Gasteiger partial charge in [-0.2, -0.15) is 0 Å². The summed E-state index contributed by atoms with van der Waals surface area (Å²) < 4.78 is 13.4. The molecule has 1 N–H and O–H groups in total. The third kappa shape index (κ3) is 3.64. The van der Waals surface area contributed by atoms with E-state index in [9.17, 15) is 9.18 Å². The van der Waals surface area contributed by atoms with E-state index in [1.54, 1.807) is 12.1 Å². The highest BCUT2D eigenvalue weighted by Crippen LogP contribution is 2.09. The standard InChI is InChI=1S/C15H13BrFNO/c16-9-11-5-7-12(8-6-11)10-18-15(19)13-3-1-2-4-14(13)17/h1-8H,9-10H2,(H,18,19). The van der Waals surface area contributed by atoms with Gasteiger partial charge in [-0.15, -0.1) is 0 Å². The van der Waals surface area contributed by atoms with Crippen molar-refractivity contribution in [2.75, 3.05) is 0 Å². The second-order valence-corrected chi connectivity index (χ2v) is 4.67. The molecule has 98 valence electrons. The Kier molecular flexibility index (Phi) is 4.68. The Hall–Kier alpha value is -1.68. The predicted octanol–water partition coefficient (Wildman–Crippen LogP) is 3.65. The van der Waals surface area contributed by atoms with Crippen molar-refractivity contribution in [1.29, 1.82) is 0 Å². The Bertz CT molecular complexity index is 569. The van der Waals surface area contributed by atoms with Crippen LogP contribution in [0.3, 0.4) is 0 Å². The minimum absolute atomic E-state index is 0.0691. The number of carbonyl (C=O) groups excluding carboxylic acids is 1. The molecule has 19 heavy (non-hydrogen) atoms. The Morgan fingerprint density at radius 1 is 1.05 bits per heavy atom. The van der Waals surface area contributed by atoms with Crippen molar-refractivity contribution in [3.8, 4) is 0 Å². The molecule has 2 rings (SSSR count). The predicted molar refractivity (Wildman–Crippen MR) is 76.6 cm³/mol. The maximum atomic E-state index is 13.4. The van der Waals surface area contributed by atoms with Crippen LogP contribution >= 0.6 is 15.9 Å². The van der Waals surface area contributed by atoms with Crippen molar-refractivity contribution in [3.63, 3.8) is 0 Å². The molecule has 0 atom stereocenters. The molecule has 0 unspecified atom stereocenters. The average molecular weight is 322 g/mol. The van der Waals surface area contributed by atoms with Crippen molar-refractivity contribution in [1.82, 2.24) is 5.32 Å². The molecule has 0 saturated heterocycles. The Labute approximate surface area is 119 Å². The minimum Gasteiger partial charge on any atom is -0.348 e. The number of benzene rings is 2. The highest BCUT2D eigenvalue weighted by Gasteiger charge is 2.09. The van der Waals surface area contributed by atoms with E-state index in [1.165, 1.54) is 17.7 Å². The molecule has 2 aromatic rings. The number of alkyl halides is 1. The van der Waals surface area contributed by atoms with Crippen molar-refractivity contribution in [3.05, 3.63) is 71.0 Å². The average Bonchev–Trinajstić information content (AvgIpc) is 2.46. The van der Waals surface area contributed by atoms with Crippen molar-refractivity contribution < 1.29 is 9.18 Å². The third-order valence-corrected chi connectivity index (χ3v) is 3.40. The molecule has 0 saturated carbocycles. The van der Waals surface area contributed by atoms with Gasteiger partial charge in [0.1, 0.15) is 5.82 Å². The van der Waals surface area contributed by atoms with Crippen molar-refractivity contribution >= 4 is 21.8 Å². The van der Waals surface area contributed by atoms with Gasteiger partial charge in [0.05, 0.1) is 5.56 Å². The number of carbonyl (C=O) groups is 1. The van der Waals surface area contributed by atoms with Gasteiger partial charge in [0.2, 0.25) is 0 Å². The van der Waals surface area contributed by atoms with Crippen LogP contribution in [0.5, 0.6) is 0 Å². The van der Waals surface area contributed by atoms with Crippen LogP contribution in [-0.2, 0) is 11.9 Å². The van der Waals surface area contributed by atoms with Gasteiger partial charge in [-0.05, 0) is 23.3 Å². The summed E-state index contributed by atoms with van der Waals surface area (Å²) in [5.41, 5.74) is 2.22. The number of hydrogen-bond donors (Lipinski definition) is 1. The lowest BCUT2D eigenvalue weighted by Crippen LogP contribution is -2.23. The SMILES string of the molecule is O=C(NCc1ccc(CBr)cc1)c1ccccc1F. The molecule has 0 aromatic heterocycles. The van der Waals surface area contributed by atoms with Gasteiger partial charge in [-0.1, -0.05) is 52.3 Å². The Morgan fingerprint density at radius 2 is 1.68 bits per heavy atom. The summed E-state index contributed by atoms with van der Waals surface area (Å²) in [6.45, 7) is 0.385. The van der Waals surface area contributed by atoms with Crippen LogP contribution in [0.2, 0.25) is 0 Å². The molecule has 0 fully saturated rings. The van der Waals surface area contributed by atoms with Crippen LogP contribution in [0.25, 0.3) is 0 Å². The van der Waals surface area contributed by atoms with E-state index in [-0.39, 0.29) is 5.56 Å². The second kappa shape index (κ2) is 6.48. The van der Waals surface area contributed by atoms with Crippen LogP contribution in [0.1, 0.15) is 21.5 Å². The van der Waals surface area contributed by atoms with E-state index in [0.29, 0.717) is 6.54 Å². The summed E-state index contributed by atoms with van der Waals surface area (Å²) in [6, 6.07) is 13.8. The van der Waals surface area contributed by atoms with E-state index in [1.807, 2.05) is 24.3 Å². The molecular formula is C15H13BrFNO. The maximum absolute atomic E-state index is 13.4. The summed E-state index contributed by atoms with van der Waals surface area (Å²) >= 11 is 3.37. The fourth-order valence-electron chi connectivity index (χ4n) is 1.67. The highest BCUT2D eigenvalue weighted by atomic mass is 79.9. The lowest BCUT2D eigenvalue weighted by molar-refractivity contribution is 0.0947. The number of nitrogens with one attached hydrogen (secondary N) is 1. The van der Waals surface area contributed by atoms with Gasteiger partial charge in [0, 0.05) is 11.9 Å². The van der Waals surface area contributed by atoms with E-state index in [0.717, 1.165) is 10.9 Å². The topological polar surface area (TPSA) is 29.1 Å². The first-order chi connectivity index (χ1) is 9.20. The smallest absolute Gasteiger partial charge is 0.254 e. The minimum atomic E-state index is -0.505. The zero-order valence-corrected chi connectivity index (χ0v) is 11.8. The largest absolute Gasteiger partial charge is 0.348 e. The quantitative estimate of drug-likeness (QED) is 0.856. The van der Waals surface area contributed by atoms with Crippen LogP contribution in [-0.4, -0.2) is 5.91 Å². The summed E-state index contributed by atoms with van der Waals surface area (Å²) in [4.78, 5) is 11.8. The van der Waals surface area contributed by atoms with Crippen LogP contribution in [0.15, 0.2) is 48.5 Å². The molecule has 0 aliphatic heterocycles. The molecular weight excluding hydrogens is 309 g/mol. The van der Waals surface area contributed by atoms with Gasteiger partial charge < -0.3 is 5.32 Å². The first kappa shape index (κ1) is 13.7. The molecule has 0 radical (unpaired) electrons. The zero-order valence-electron chi connectivity index (χ0n) is 10.2. The first-order valence-corrected chi connectivity index (χ1v) is 6.99. The second-order valence-electron chi connectivity index (χ2n) is 4.11. The summed E-state index contributed by atoms with van der Waals surface area (Å²) in [5.74, 6) is -0.905. The number of amides is 1. The van der Waals surface area contributed by atoms with Gasteiger partial charge in [-0.3, -0.25) is 4.79 Å². The van der Waals surface area contributed by atoms with E-state index >= 15 is 0 Å². The summed E-state index contributed by atoms with van der Waals surface area (Å²) in [7, 11) is 0. The molecule has 0 spiro atoms. The van der Waals surface area contributed by atoms with Gasteiger partial charge >= 0.3 is 0 Å². The summed E-state index contributed by atoms with van der Waals surface area (Å²) in [6.07, 6.45) is 0. The molecule has 1 amide bonds. The molecule has 4 heteroatoms. The number of hydrogen-bond acceptors (Lipinski definition) is 1. The monoisotopic (exact) mass is 321 g/mol. The third-order valence-electron chi connectivity index (χ3n) is 2.75. The lowest BCUT2D eigenvalue weighted by atomic mass is 10.1. The van der Waals surface area contributed by atoms with E-state index in [2.05, 4.69) is 21.2 Å². The van der Waals surface area contributed by atoms with Gasteiger partial charge in [0.25, 0.3) is 5.91 Å². The van der Waals surface area contributed by atoms with E-state index < -0.39 is 11.7 Å². The van der Waals surface area contributed by atoms with Gasteiger partial charge in [0.15, 0.2) is 0 Å². The Morgan fingerprint density at radius 3 is 2.32 bits per heavy atom. The van der Waals surface area contributed by atoms with Crippen LogP contribution in [0.4, 0.5) is 4.39 Å². The van der Waals surface area contributed by atoms with Crippen molar-refractivity contribution in [2.24, 2.45) is 0 Å². The summed E-state index contributed by atoms with van der Waals surface area (Å²) in [5, 5.41) is 3.50. The van der Waals surface area contributed by atoms with Crippen molar-refractivity contribution in [2.45, 2.75) is 11.9 Å². The molecule has 0 aliphatic rings. The fourth-order valence-corrected chi connectivity index (χ4v) is 2.04. The Balaban J connectivity index is 1.98. The normalized spacial score (nSPS) is 10.2.